The molecule has 4 heteroatoms. The van der Waals surface area contributed by atoms with Crippen molar-refractivity contribution >= 4 is 13.4 Å². The average molecular weight is 272 g/mol. The standard InChI is InChI=1S/C15H20N2OSi/c1-19(2,3)15-14(11-6-8-12(18)9-7-11)13-5-4-10-17(13)16-15/h6-9,18H,4-5,10H2,1-3H3. The van der Waals surface area contributed by atoms with Crippen molar-refractivity contribution in [2.75, 3.05) is 0 Å². The quantitative estimate of drug-likeness (QED) is 0.854. The highest BCUT2D eigenvalue weighted by Gasteiger charge is 2.30. The summed E-state index contributed by atoms with van der Waals surface area (Å²) in [5.41, 5.74) is 3.90. The number of phenols is 1. The number of phenolic OH excluding ortho intramolecular Hbond substituents is 1. The van der Waals surface area contributed by atoms with Crippen LogP contribution in [-0.4, -0.2) is 23.0 Å². The molecule has 1 N–H and O–H groups in total. The molecular weight excluding hydrogens is 252 g/mol. The van der Waals surface area contributed by atoms with Gasteiger partial charge in [0.05, 0.1) is 5.32 Å². The monoisotopic (exact) mass is 272 g/mol. The lowest BCUT2D eigenvalue weighted by Crippen LogP contribution is -2.40. The van der Waals surface area contributed by atoms with Crippen LogP contribution in [-0.2, 0) is 13.0 Å². The predicted molar refractivity (Wildman–Crippen MR) is 80.6 cm³/mol. The molecule has 3 rings (SSSR count). The first-order valence-electron chi connectivity index (χ1n) is 6.86. The summed E-state index contributed by atoms with van der Waals surface area (Å²) in [7, 11) is -1.46. The van der Waals surface area contributed by atoms with E-state index in [1.807, 2.05) is 12.1 Å². The normalized spacial score (nSPS) is 14.7. The maximum Gasteiger partial charge on any atom is 0.115 e. The Morgan fingerprint density at radius 1 is 1.16 bits per heavy atom. The second kappa shape index (κ2) is 4.23. The van der Waals surface area contributed by atoms with E-state index >= 15 is 0 Å². The van der Waals surface area contributed by atoms with Gasteiger partial charge in [-0.1, -0.05) is 31.8 Å². The molecule has 0 atom stereocenters. The third kappa shape index (κ3) is 2.10. The molecule has 0 amide bonds. The van der Waals surface area contributed by atoms with Gasteiger partial charge in [0.1, 0.15) is 13.8 Å². The summed E-state index contributed by atoms with van der Waals surface area (Å²) >= 11 is 0. The van der Waals surface area contributed by atoms with Crippen molar-refractivity contribution in [1.29, 1.82) is 0 Å². The van der Waals surface area contributed by atoms with Crippen molar-refractivity contribution in [3.8, 4) is 16.9 Å². The largest absolute Gasteiger partial charge is 0.508 e. The fraction of sp³-hybridized carbons (Fsp3) is 0.400. The number of fused-ring (bicyclic) bond motifs is 1. The average Bonchev–Trinajstić information content (AvgIpc) is 2.89. The SMILES string of the molecule is C[Si](C)(C)c1nn2c(c1-c1ccc(O)cc1)CCC2. The molecular formula is C15H20N2OSi. The molecule has 100 valence electrons. The molecule has 19 heavy (non-hydrogen) atoms. The molecule has 1 aromatic heterocycles. The number of hydrogen-bond acceptors (Lipinski definition) is 2. The second-order valence-corrected chi connectivity index (χ2v) is 11.3. The van der Waals surface area contributed by atoms with Gasteiger partial charge < -0.3 is 5.11 Å². The smallest absolute Gasteiger partial charge is 0.115 e. The molecule has 0 unspecified atom stereocenters. The Morgan fingerprint density at radius 3 is 2.47 bits per heavy atom. The maximum absolute atomic E-state index is 9.46. The van der Waals surface area contributed by atoms with E-state index in [4.69, 9.17) is 5.10 Å². The van der Waals surface area contributed by atoms with Crippen LogP contribution in [0.1, 0.15) is 12.1 Å². The topological polar surface area (TPSA) is 38.0 Å². The minimum absolute atomic E-state index is 0.321. The van der Waals surface area contributed by atoms with Gasteiger partial charge in [-0.2, -0.15) is 5.10 Å². The number of nitrogens with zero attached hydrogens (tertiary/aromatic N) is 2. The predicted octanol–water partition coefficient (Wildman–Crippen LogP) is 2.75. The Labute approximate surface area is 114 Å². The Balaban J connectivity index is 2.21. The van der Waals surface area contributed by atoms with E-state index in [1.54, 1.807) is 12.1 Å². The van der Waals surface area contributed by atoms with Crippen LogP contribution in [0.15, 0.2) is 24.3 Å². The van der Waals surface area contributed by atoms with Crippen molar-refractivity contribution in [3.63, 3.8) is 0 Å². The Kier molecular flexibility index (Phi) is 2.78. The number of benzene rings is 1. The molecule has 0 bridgehead atoms. The molecule has 1 aliphatic rings. The summed E-state index contributed by atoms with van der Waals surface area (Å²) in [5, 5.41) is 15.6. The van der Waals surface area contributed by atoms with Gasteiger partial charge in [-0.25, -0.2) is 0 Å². The van der Waals surface area contributed by atoms with Crippen molar-refractivity contribution in [3.05, 3.63) is 30.0 Å². The summed E-state index contributed by atoms with van der Waals surface area (Å²) in [6.45, 7) is 8.07. The zero-order chi connectivity index (χ0) is 13.6. The van der Waals surface area contributed by atoms with E-state index in [2.05, 4.69) is 24.3 Å². The molecule has 3 nitrogen and oxygen atoms in total. The molecule has 0 spiro atoms. The minimum atomic E-state index is -1.46. The lowest BCUT2D eigenvalue weighted by Gasteiger charge is -2.16. The van der Waals surface area contributed by atoms with Crippen molar-refractivity contribution in [2.24, 2.45) is 0 Å². The van der Waals surface area contributed by atoms with Gasteiger partial charge in [0, 0.05) is 17.8 Å². The van der Waals surface area contributed by atoms with Gasteiger partial charge >= 0.3 is 0 Å². The van der Waals surface area contributed by atoms with Crippen LogP contribution in [0.2, 0.25) is 19.6 Å². The van der Waals surface area contributed by atoms with Gasteiger partial charge in [-0.05, 0) is 30.5 Å². The Morgan fingerprint density at radius 2 is 1.84 bits per heavy atom. The fourth-order valence-corrected chi connectivity index (χ4v) is 4.25. The van der Waals surface area contributed by atoms with Gasteiger partial charge in [0.2, 0.25) is 0 Å². The Hall–Kier alpha value is -1.55. The highest BCUT2D eigenvalue weighted by atomic mass is 28.3. The van der Waals surface area contributed by atoms with E-state index in [9.17, 15) is 5.11 Å². The number of aromatic hydroxyl groups is 1. The summed E-state index contributed by atoms with van der Waals surface area (Å²) < 4.78 is 2.19. The van der Waals surface area contributed by atoms with Crippen LogP contribution in [0.25, 0.3) is 11.1 Å². The molecule has 0 fully saturated rings. The van der Waals surface area contributed by atoms with Crippen LogP contribution in [0, 0.1) is 0 Å². The van der Waals surface area contributed by atoms with Crippen molar-refractivity contribution < 1.29 is 5.11 Å². The number of aryl methyl sites for hydroxylation is 1. The first-order chi connectivity index (χ1) is 8.97. The van der Waals surface area contributed by atoms with Gasteiger partial charge in [-0.15, -0.1) is 0 Å². The van der Waals surface area contributed by atoms with Crippen LogP contribution in [0.4, 0.5) is 0 Å². The molecule has 1 aromatic carbocycles. The van der Waals surface area contributed by atoms with Crippen molar-refractivity contribution in [2.45, 2.75) is 39.0 Å². The third-order valence-electron chi connectivity index (χ3n) is 3.71. The third-order valence-corrected chi connectivity index (χ3v) is 5.48. The van der Waals surface area contributed by atoms with E-state index in [0.29, 0.717) is 5.75 Å². The number of hydrogen-bond donors (Lipinski definition) is 1. The molecule has 0 radical (unpaired) electrons. The van der Waals surface area contributed by atoms with Gasteiger partial charge in [0.25, 0.3) is 0 Å². The molecule has 0 aliphatic carbocycles. The molecule has 0 saturated heterocycles. The van der Waals surface area contributed by atoms with Gasteiger partial charge in [0.15, 0.2) is 0 Å². The lowest BCUT2D eigenvalue weighted by molar-refractivity contribution is 0.475. The summed E-state index contributed by atoms with van der Waals surface area (Å²) in [6.07, 6.45) is 2.31. The summed E-state index contributed by atoms with van der Waals surface area (Å²) in [5.74, 6) is 0.321. The zero-order valence-electron chi connectivity index (χ0n) is 11.8. The van der Waals surface area contributed by atoms with Crippen LogP contribution in [0.3, 0.4) is 0 Å². The zero-order valence-corrected chi connectivity index (χ0v) is 12.8. The lowest BCUT2D eigenvalue weighted by atomic mass is 10.0. The van der Waals surface area contributed by atoms with E-state index in [0.717, 1.165) is 13.0 Å². The maximum atomic E-state index is 9.46. The van der Waals surface area contributed by atoms with Crippen molar-refractivity contribution in [1.82, 2.24) is 9.78 Å². The second-order valence-electron chi connectivity index (χ2n) is 6.29. The summed E-state index contributed by atoms with van der Waals surface area (Å²) in [4.78, 5) is 0. The summed E-state index contributed by atoms with van der Waals surface area (Å²) in [6, 6.07) is 7.55. The molecule has 0 saturated carbocycles. The van der Waals surface area contributed by atoms with Gasteiger partial charge in [-0.3, -0.25) is 4.68 Å². The fourth-order valence-electron chi connectivity index (χ4n) is 2.79. The first-order valence-corrected chi connectivity index (χ1v) is 10.4. The van der Waals surface area contributed by atoms with E-state index < -0.39 is 8.07 Å². The van der Waals surface area contributed by atoms with Crippen LogP contribution < -0.4 is 5.32 Å². The Bertz CT molecular complexity index is 608. The molecule has 2 aromatic rings. The number of rotatable bonds is 2. The van der Waals surface area contributed by atoms with Crippen LogP contribution >= 0.6 is 0 Å². The van der Waals surface area contributed by atoms with Crippen LogP contribution in [0.5, 0.6) is 5.75 Å². The highest BCUT2D eigenvalue weighted by Crippen LogP contribution is 2.29. The molecule has 2 heterocycles. The van der Waals surface area contributed by atoms with E-state index in [1.165, 1.54) is 28.6 Å². The van der Waals surface area contributed by atoms with E-state index in [-0.39, 0.29) is 0 Å². The first kappa shape index (κ1) is 12.5. The number of aromatic nitrogens is 2. The highest BCUT2D eigenvalue weighted by molar-refractivity contribution is 6.89. The molecule has 1 aliphatic heterocycles. The minimum Gasteiger partial charge on any atom is -0.508 e.